The van der Waals surface area contributed by atoms with Gasteiger partial charge in [-0.1, -0.05) is 11.3 Å². The van der Waals surface area contributed by atoms with Crippen molar-refractivity contribution in [2.75, 3.05) is 0 Å². The van der Waals surface area contributed by atoms with Gasteiger partial charge in [0.05, 0.1) is 11.9 Å². The van der Waals surface area contributed by atoms with E-state index in [1.807, 2.05) is 0 Å². The van der Waals surface area contributed by atoms with Crippen molar-refractivity contribution >= 4 is 16.3 Å². The zero-order chi connectivity index (χ0) is 17.5. The first-order valence-corrected chi connectivity index (χ1v) is 10.2. The van der Waals surface area contributed by atoms with E-state index in [-0.39, 0.29) is 11.0 Å². The molecule has 2 heterocycles. The van der Waals surface area contributed by atoms with Crippen LogP contribution in [-0.4, -0.2) is 14.6 Å². The fraction of sp³-hybridized carbons (Fsp3) is 0.500. The van der Waals surface area contributed by atoms with E-state index in [0.717, 1.165) is 34.8 Å². The van der Waals surface area contributed by atoms with Crippen molar-refractivity contribution < 1.29 is 8.78 Å². The van der Waals surface area contributed by atoms with Crippen molar-refractivity contribution in [3.63, 3.8) is 0 Å². The zero-order valence-electron chi connectivity index (χ0n) is 14.3. The molecule has 3 nitrogen and oxygen atoms in total. The Bertz CT molecular complexity index is 955. The molecule has 0 unspecified atom stereocenters. The summed E-state index contributed by atoms with van der Waals surface area (Å²) in [5.74, 6) is 1.69. The molecule has 0 N–H and O–H groups in total. The average Bonchev–Trinajstić information content (AvgIpc) is 3.15. The lowest BCUT2D eigenvalue weighted by Gasteiger charge is -2.55. The minimum atomic E-state index is -0.460. The van der Waals surface area contributed by atoms with Crippen LogP contribution >= 0.6 is 11.3 Å². The van der Waals surface area contributed by atoms with Crippen LogP contribution in [0.1, 0.15) is 43.5 Å². The summed E-state index contributed by atoms with van der Waals surface area (Å²) in [6, 6.07) is 3.47. The van der Waals surface area contributed by atoms with E-state index in [9.17, 15) is 8.78 Å². The van der Waals surface area contributed by atoms with E-state index >= 15 is 0 Å². The SMILES string of the molecule is Fc1ccc(F)c(-c2cn3nc(C45CC6CC(CC(C6)C4)C5)sc3n2)c1. The topological polar surface area (TPSA) is 30.2 Å². The van der Waals surface area contributed by atoms with Gasteiger partial charge in [-0.2, -0.15) is 5.10 Å². The highest BCUT2D eigenvalue weighted by Crippen LogP contribution is 2.61. The summed E-state index contributed by atoms with van der Waals surface area (Å²) < 4.78 is 29.3. The van der Waals surface area contributed by atoms with E-state index in [1.54, 1.807) is 22.0 Å². The lowest BCUT2D eigenvalue weighted by molar-refractivity contribution is -0.00565. The first kappa shape index (κ1) is 15.3. The second-order valence-electron chi connectivity index (χ2n) is 8.58. The smallest absolute Gasteiger partial charge is 0.212 e. The Morgan fingerprint density at radius 1 is 1.04 bits per heavy atom. The number of hydrogen-bond acceptors (Lipinski definition) is 3. The molecule has 1 aromatic carbocycles. The normalized spacial score (nSPS) is 32.6. The van der Waals surface area contributed by atoms with E-state index in [2.05, 4.69) is 4.98 Å². The van der Waals surface area contributed by atoms with Gasteiger partial charge in [0.2, 0.25) is 4.96 Å². The molecule has 4 bridgehead atoms. The number of imidazole rings is 1. The van der Waals surface area contributed by atoms with Gasteiger partial charge in [-0.05, 0) is 74.5 Å². The van der Waals surface area contributed by atoms with Gasteiger partial charge >= 0.3 is 0 Å². The molecule has 4 aliphatic rings. The molecule has 0 spiro atoms. The number of halogens is 2. The largest absolute Gasteiger partial charge is 0.217 e. The zero-order valence-corrected chi connectivity index (χ0v) is 15.1. The third-order valence-corrected chi connectivity index (χ3v) is 7.91. The van der Waals surface area contributed by atoms with Crippen LogP contribution in [0.5, 0.6) is 0 Å². The van der Waals surface area contributed by atoms with Crippen molar-refractivity contribution in [2.45, 2.75) is 43.9 Å². The van der Waals surface area contributed by atoms with Crippen LogP contribution < -0.4 is 0 Å². The number of benzene rings is 1. The molecule has 4 aliphatic carbocycles. The lowest BCUT2D eigenvalue weighted by Crippen LogP contribution is -2.48. The Morgan fingerprint density at radius 2 is 1.73 bits per heavy atom. The number of nitrogens with zero attached hydrogens (tertiary/aromatic N) is 3. The third-order valence-electron chi connectivity index (χ3n) is 6.74. The third kappa shape index (κ3) is 2.14. The fourth-order valence-electron chi connectivity index (χ4n) is 6.11. The fourth-order valence-corrected chi connectivity index (χ4v) is 7.21. The van der Waals surface area contributed by atoms with E-state index in [0.29, 0.717) is 5.69 Å². The number of fused-ring (bicyclic) bond motifs is 1. The predicted octanol–water partition coefficient (Wildman–Crippen LogP) is 5.20. The van der Waals surface area contributed by atoms with Crippen molar-refractivity contribution in [2.24, 2.45) is 17.8 Å². The summed E-state index contributed by atoms with van der Waals surface area (Å²) in [4.78, 5) is 5.32. The quantitative estimate of drug-likeness (QED) is 0.619. The van der Waals surface area contributed by atoms with Gasteiger partial charge in [-0.3, -0.25) is 0 Å². The van der Waals surface area contributed by atoms with E-state index < -0.39 is 11.6 Å². The molecule has 26 heavy (non-hydrogen) atoms. The van der Waals surface area contributed by atoms with Crippen LogP contribution in [0.25, 0.3) is 16.2 Å². The van der Waals surface area contributed by atoms with Crippen LogP contribution in [0, 0.1) is 29.4 Å². The second kappa shape index (κ2) is 5.12. The maximum atomic E-state index is 14.0. The van der Waals surface area contributed by atoms with Crippen LogP contribution in [0.4, 0.5) is 8.78 Å². The summed E-state index contributed by atoms with van der Waals surface area (Å²) in [7, 11) is 0. The molecule has 7 rings (SSSR count). The Kier molecular flexibility index (Phi) is 3.01. The Morgan fingerprint density at radius 3 is 2.38 bits per heavy atom. The molecular formula is C20H19F2N3S. The number of rotatable bonds is 2. The van der Waals surface area contributed by atoms with Crippen molar-refractivity contribution in [1.29, 1.82) is 0 Å². The first-order valence-electron chi connectivity index (χ1n) is 9.40. The summed E-state index contributed by atoms with van der Waals surface area (Å²) in [5, 5.41) is 6.06. The van der Waals surface area contributed by atoms with Gasteiger partial charge < -0.3 is 0 Å². The molecule has 4 saturated carbocycles. The second-order valence-corrected chi connectivity index (χ2v) is 9.54. The molecule has 0 aliphatic heterocycles. The van der Waals surface area contributed by atoms with Crippen LogP contribution in [0.3, 0.4) is 0 Å². The molecular weight excluding hydrogens is 352 g/mol. The molecule has 0 amide bonds. The van der Waals surface area contributed by atoms with Gasteiger partial charge in [0.1, 0.15) is 16.6 Å². The Hall–Kier alpha value is -1.82. The summed E-state index contributed by atoms with van der Waals surface area (Å²) >= 11 is 1.64. The highest BCUT2D eigenvalue weighted by atomic mass is 32.1. The van der Waals surface area contributed by atoms with Gasteiger partial charge in [0.15, 0.2) is 0 Å². The highest BCUT2D eigenvalue weighted by Gasteiger charge is 2.53. The molecule has 3 aromatic rings. The van der Waals surface area contributed by atoms with Crippen LogP contribution in [-0.2, 0) is 5.41 Å². The van der Waals surface area contributed by atoms with Gasteiger partial charge in [0.25, 0.3) is 0 Å². The molecule has 0 radical (unpaired) electrons. The predicted molar refractivity (Wildman–Crippen MR) is 96.1 cm³/mol. The first-order chi connectivity index (χ1) is 12.6. The highest BCUT2D eigenvalue weighted by molar-refractivity contribution is 7.16. The minimum absolute atomic E-state index is 0.194. The van der Waals surface area contributed by atoms with Crippen molar-refractivity contribution in [3.05, 3.63) is 41.0 Å². The summed E-state index contributed by atoms with van der Waals surface area (Å²) in [5.41, 5.74) is 0.876. The molecule has 0 atom stereocenters. The standard InChI is InChI=1S/C20H19F2N3S/c21-14-1-2-16(22)15(6-14)17-10-25-19(23-17)26-18(24-25)20-7-11-3-12(8-20)5-13(4-11)9-20/h1-2,6,10-13H,3-5,7-9H2. The molecule has 4 fully saturated rings. The molecule has 0 saturated heterocycles. The van der Waals surface area contributed by atoms with Crippen molar-refractivity contribution in [3.8, 4) is 11.3 Å². The lowest BCUT2D eigenvalue weighted by atomic mass is 9.50. The summed E-state index contributed by atoms with van der Waals surface area (Å²) in [6.07, 6.45) is 9.75. The summed E-state index contributed by atoms with van der Waals surface area (Å²) in [6.45, 7) is 0. The molecule has 6 heteroatoms. The van der Waals surface area contributed by atoms with Crippen LogP contribution in [0.2, 0.25) is 0 Å². The van der Waals surface area contributed by atoms with Gasteiger partial charge in [0, 0.05) is 11.0 Å². The van der Waals surface area contributed by atoms with Gasteiger partial charge in [-0.15, -0.1) is 0 Å². The molecule has 2 aromatic heterocycles. The van der Waals surface area contributed by atoms with Gasteiger partial charge in [-0.25, -0.2) is 18.3 Å². The van der Waals surface area contributed by atoms with E-state index in [4.69, 9.17) is 5.10 Å². The average molecular weight is 371 g/mol. The minimum Gasteiger partial charge on any atom is -0.217 e. The maximum absolute atomic E-state index is 14.0. The molecule has 134 valence electrons. The Labute approximate surface area is 154 Å². The monoisotopic (exact) mass is 371 g/mol. The number of hydrogen-bond donors (Lipinski definition) is 0. The maximum Gasteiger partial charge on any atom is 0.212 e. The number of aromatic nitrogens is 3. The van der Waals surface area contributed by atoms with Crippen LogP contribution in [0.15, 0.2) is 24.4 Å². The van der Waals surface area contributed by atoms with E-state index in [1.165, 1.54) is 49.6 Å². The van der Waals surface area contributed by atoms with Crippen molar-refractivity contribution in [1.82, 2.24) is 14.6 Å². The Balaban J connectivity index is 1.40.